The molecule has 0 unspecified atom stereocenters. The molecule has 3 aromatic rings. The lowest BCUT2D eigenvalue weighted by atomic mass is 10.0. The van der Waals surface area contributed by atoms with E-state index in [0.29, 0.717) is 37.5 Å². The van der Waals surface area contributed by atoms with Crippen LogP contribution in [0.5, 0.6) is 5.75 Å². The van der Waals surface area contributed by atoms with E-state index >= 15 is 0 Å². The first-order valence-electron chi connectivity index (χ1n) is 14.8. The van der Waals surface area contributed by atoms with Crippen LogP contribution >= 0.6 is 0 Å². The number of hydrogen-bond acceptors (Lipinski definition) is 7. The van der Waals surface area contributed by atoms with Gasteiger partial charge in [0.05, 0.1) is 18.1 Å². The van der Waals surface area contributed by atoms with Gasteiger partial charge < -0.3 is 20.3 Å². The SMILES string of the molecule is CN(C)CCCOc1ccc(NC(=O)C2CC2)cc1-c1ccc(C(=O)Nc2ccc(CN3CCS(=O)(=O)CC3)cc2)cc1. The van der Waals surface area contributed by atoms with Gasteiger partial charge in [-0.2, -0.15) is 0 Å². The molecule has 0 bridgehead atoms. The summed E-state index contributed by atoms with van der Waals surface area (Å²) in [7, 11) is 1.16. The first kappa shape index (κ1) is 30.7. The van der Waals surface area contributed by atoms with Gasteiger partial charge in [-0.3, -0.25) is 14.5 Å². The Bertz CT molecular complexity index is 1520. The summed E-state index contributed by atoms with van der Waals surface area (Å²) < 4.78 is 29.5. The van der Waals surface area contributed by atoms with Gasteiger partial charge >= 0.3 is 0 Å². The van der Waals surface area contributed by atoms with Gasteiger partial charge in [-0.15, -0.1) is 0 Å². The summed E-state index contributed by atoms with van der Waals surface area (Å²) in [6, 6.07) is 20.7. The van der Waals surface area contributed by atoms with E-state index in [1.807, 2.05) is 68.7 Å². The molecule has 2 N–H and O–H groups in total. The third-order valence-corrected chi connectivity index (χ3v) is 9.32. The number of carbonyl (C=O) groups is 2. The van der Waals surface area contributed by atoms with Gasteiger partial charge in [-0.05, 0) is 86.9 Å². The average molecular weight is 605 g/mol. The van der Waals surface area contributed by atoms with Crippen molar-refractivity contribution in [2.24, 2.45) is 5.92 Å². The highest BCUT2D eigenvalue weighted by molar-refractivity contribution is 7.91. The number of amides is 2. The number of sulfone groups is 1. The summed E-state index contributed by atoms with van der Waals surface area (Å²) in [5.41, 5.74) is 4.74. The first-order valence-corrected chi connectivity index (χ1v) is 16.6. The Labute approximate surface area is 254 Å². The van der Waals surface area contributed by atoms with E-state index in [9.17, 15) is 18.0 Å². The Morgan fingerprint density at radius 2 is 1.58 bits per heavy atom. The fraction of sp³-hybridized carbons (Fsp3) is 0.394. The van der Waals surface area contributed by atoms with Gasteiger partial charge in [0.2, 0.25) is 5.91 Å². The lowest BCUT2D eigenvalue weighted by Crippen LogP contribution is -2.39. The number of rotatable bonds is 12. The summed E-state index contributed by atoms with van der Waals surface area (Å²) in [5.74, 6) is 1.07. The van der Waals surface area contributed by atoms with Crippen LogP contribution in [-0.4, -0.2) is 81.9 Å². The maximum absolute atomic E-state index is 13.0. The number of benzene rings is 3. The summed E-state index contributed by atoms with van der Waals surface area (Å²) >= 11 is 0. The molecule has 0 atom stereocenters. The largest absolute Gasteiger partial charge is 0.493 e. The van der Waals surface area contributed by atoms with Gasteiger partial charge in [0.25, 0.3) is 5.91 Å². The van der Waals surface area contributed by atoms with Crippen molar-refractivity contribution in [2.45, 2.75) is 25.8 Å². The molecule has 1 saturated heterocycles. The number of anilines is 2. The van der Waals surface area contributed by atoms with E-state index in [1.165, 1.54) is 0 Å². The van der Waals surface area contributed by atoms with Crippen molar-refractivity contribution >= 4 is 33.0 Å². The third kappa shape index (κ3) is 8.89. The molecule has 228 valence electrons. The molecule has 2 amide bonds. The molecule has 2 aliphatic rings. The zero-order valence-electron chi connectivity index (χ0n) is 24.8. The first-order chi connectivity index (χ1) is 20.6. The average Bonchev–Trinajstić information content (AvgIpc) is 3.84. The van der Waals surface area contributed by atoms with Gasteiger partial charge in [0.15, 0.2) is 9.84 Å². The lowest BCUT2D eigenvalue weighted by Gasteiger charge is -2.26. The zero-order chi connectivity index (χ0) is 30.4. The fourth-order valence-electron chi connectivity index (χ4n) is 4.98. The number of nitrogens with one attached hydrogen (secondary N) is 2. The quantitative estimate of drug-likeness (QED) is 0.293. The summed E-state index contributed by atoms with van der Waals surface area (Å²) in [5, 5.41) is 5.97. The highest BCUT2D eigenvalue weighted by atomic mass is 32.2. The van der Waals surface area contributed by atoms with E-state index in [1.54, 1.807) is 12.1 Å². The Hall–Kier alpha value is -3.73. The van der Waals surface area contributed by atoms with E-state index in [-0.39, 0.29) is 29.2 Å². The standard InChI is InChI=1S/C33H40N4O5S/c1-36(2)16-3-19-42-31-15-14-29(35-33(39)27-10-11-27)22-30(31)25-6-8-26(9-7-25)32(38)34-28-12-4-24(5-13-28)23-37-17-20-43(40,41)21-18-37/h4-9,12-15,22,27H,3,10-11,16-21,23H2,1-2H3,(H,34,38)(H,35,39). The minimum Gasteiger partial charge on any atom is -0.493 e. The zero-order valence-corrected chi connectivity index (χ0v) is 25.7. The van der Waals surface area contributed by atoms with Crippen molar-refractivity contribution in [3.8, 4) is 16.9 Å². The molecule has 1 aliphatic carbocycles. The molecule has 0 spiro atoms. The van der Waals surface area contributed by atoms with E-state index < -0.39 is 9.84 Å². The Morgan fingerprint density at radius 1 is 0.907 bits per heavy atom. The summed E-state index contributed by atoms with van der Waals surface area (Å²) in [6.07, 6.45) is 2.76. The Balaban J connectivity index is 1.23. The Morgan fingerprint density at radius 3 is 2.23 bits per heavy atom. The maximum atomic E-state index is 13.0. The van der Waals surface area contributed by atoms with Crippen LogP contribution in [-0.2, 0) is 21.2 Å². The number of nitrogens with zero attached hydrogens (tertiary/aromatic N) is 2. The Kier molecular flexibility index (Phi) is 9.79. The molecule has 43 heavy (non-hydrogen) atoms. The van der Waals surface area contributed by atoms with Crippen LogP contribution in [0, 0.1) is 5.92 Å². The van der Waals surface area contributed by atoms with Crippen LogP contribution in [0.15, 0.2) is 66.7 Å². The van der Waals surface area contributed by atoms with Crippen molar-refractivity contribution < 1.29 is 22.7 Å². The minimum atomic E-state index is -2.90. The molecule has 2 fully saturated rings. The van der Waals surface area contributed by atoms with Crippen molar-refractivity contribution in [3.63, 3.8) is 0 Å². The smallest absolute Gasteiger partial charge is 0.255 e. The molecule has 9 nitrogen and oxygen atoms in total. The molecule has 1 saturated carbocycles. The maximum Gasteiger partial charge on any atom is 0.255 e. The topological polar surface area (TPSA) is 108 Å². The van der Waals surface area contributed by atoms with E-state index in [4.69, 9.17) is 4.74 Å². The van der Waals surface area contributed by atoms with Gasteiger partial charge in [-0.25, -0.2) is 8.42 Å². The molecule has 1 aliphatic heterocycles. The van der Waals surface area contributed by atoms with Gasteiger partial charge in [0.1, 0.15) is 5.75 Å². The highest BCUT2D eigenvalue weighted by Gasteiger charge is 2.29. The second kappa shape index (κ2) is 13.7. The van der Waals surface area contributed by atoms with Gasteiger partial charge in [-0.1, -0.05) is 24.3 Å². The molecule has 5 rings (SSSR count). The molecule has 3 aromatic carbocycles. The van der Waals surface area contributed by atoms with Crippen molar-refractivity contribution in [3.05, 3.63) is 77.9 Å². The molecular formula is C33H40N4O5S. The predicted molar refractivity (Wildman–Crippen MR) is 170 cm³/mol. The predicted octanol–water partition coefficient (Wildman–Crippen LogP) is 4.52. The third-order valence-electron chi connectivity index (χ3n) is 7.72. The molecule has 1 heterocycles. The van der Waals surface area contributed by atoms with Gasteiger partial charge in [0, 0.05) is 54.6 Å². The summed E-state index contributed by atoms with van der Waals surface area (Å²) in [4.78, 5) is 29.6. The molecule has 0 radical (unpaired) electrons. The van der Waals surface area contributed by atoms with Crippen LogP contribution in [0.3, 0.4) is 0 Å². The number of ether oxygens (including phenoxy) is 1. The number of carbonyl (C=O) groups excluding carboxylic acids is 2. The molecule has 0 aromatic heterocycles. The van der Waals surface area contributed by atoms with Crippen LogP contribution in [0.1, 0.15) is 35.2 Å². The highest BCUT2D eigenvalue weighted by Crippen LogP contribution is 2.35. The normalized spacial score (nSPS) is 16.5. The van der Waals surface area contributed by atoms with Crippen LogP contribution in [0.2, 0.25) is 0 Å². The van der Waals surface area contributed by atoms with E-state index in [0.717, 1.165) is 53.9 Å². The minimum absolute atomic E-state index is 0.0487. The van der Waals surface area contributed by atoms with Crippen LogP contribution in [0.4, 0.5) is 11.4 Å². The van der Waals surface area contributed by atoms with E-state index in [2.05, 4.69) is 20.4 Å². The van der Waals surface area contributed by atoms with Crippen molar-refractivity contribution in [2.75, 3.05) is 62.5 Å². The second-order valence-electron chi connectivity index (χ2n) is 11.6. The molecular weight excluding hydrogens is 564 g/mol. The second-order valence-corrected chi connectivity index (χ2v) is 13.9. The lowest BCUT2D eigenvalue weighted by molar-refractivity contribution is -0.117. The van der Waals surface area contributed by atoms with Crippen molar-refractivity contribution in [1.82, 2.24) is 9.80 Å². The van der Waals surface area contributed by atoms with Crippen LogP contribution in [0.25, 0.3) is 11.1 Å². The van der Waals surface area contributed by atoms with Crippen LogP contribution < -0.4 is 15.4 Å². The molecule has 10 heteroatoms. The van der Waals surface area contributed by atoms with Crippen molar-refractivity contribution in [1.29, 1.82) is 0 Å². The monoisotopic (exact) mass is 604 g/mol. The fourth-order valence-corrected chi connectivity index (χ4v) is 6.25. The summed E-state index contributed by atoms with van der Waals surface area (Å²) in [6.45, 7) is 3.25. The number of hydrogen-bond donors (Lipinski definition) is 2.